The number of halogens is 1. The summed E-state index contributed by atoms with van der Waals surface area (Å²) in [7, 11) is -3.53. The second kappa shape index (κ2) is 4.42. The van der Waals surface area contributed by atoms with E-state index >= 15 is 0 Å². The predicted octanol–water partition coefficient (Wildman–Crippen LogP) is 2.40. The van der Waals surface area contributed by atoms with Gasteiger partial charge >= 0.3 is 10.1 Å². The third-order valence-electron chi connectivity index (χ3n) is 1.39. The smallest absolute Gasteiger partial charge is 0.306 e. The molecule has 0 saturated heterocycles. The lowest BCUT2D eigenvalue weighted by molar-refractivity contribution is 0.487. The molecule has 1 aromatic carbocycles. The highest BCUT2D eigenvalue weighted by Gasteiger charge is 2.12. The number of hydrogen-bond donors (Lipinski definition) is 0. The van der Waals surface area contributed by atoms with Gasteiger partial charge in [-0.15, -0.1) is 11.8 Å². The van der Waals surface area contributed by atoms with Crippen molar-refractivity contribution in [2.24, 2.45) is 0 Å². The molecule has 6 heteroatoms. The molecule has 0 atom stereocenters. The van der Waals surface area contributed by atoms with Gasteiger partial charge in [-0.3, -0.25) is 0 Å². The fourth-order valence-corrected chi connectivity index (χ4v) is 2.28. The monoisotopic (exact) mass is 252 g/mol. The molecule has 0 aliphatic heterocycles. The van der Waals surface area contributed by atoms with Gasteiger partial charge in [-0.25, -0.2) is 0 Å². The van der Waals surface area contributed by atoms with Gasteiger partial charge in [0, 0.05) is 0 Å². The highest BCUT2D eigenvalue weighted by atomic mass is 35.5. The SMILES string of the molecule is CSc1cccc(Cl)c1OS(C)(=O)=O. The Labute approximate surface area is 92.5 Å². The molecular weight excluding hydrogens is 244 g/mol. The molecule has 0 saturated carbocycles. The van der Waals surface area contributed by atoms with Crippen molar-refractivity contribution >= 4 is 33.5 Å². The van der Waals surface area contributed by atoms with E-state index in [1.54, 1.807) is 18.2 Å². The van der Waals surface area contributed by atoms with Crippen LogP contribution in [-0.4, -0.2) is 20.9 Å². The standard InChI is InChI=1S/C8H9ClO3S2/c1-13-7-5-3-4-6(9)8(7)12-14(2,10)11/h3-5H,1-2H3. The van der Waals surface area contributed by atoms with Crippen molar-refractivity contribution in [2.45, 2.75) is 4.90 Å². The molecule has 0 amide bonds. The molecule has 78 valence electrons. The minimum Gasteiger partial charge on any atom is -0.380 e. The van der Waals surface area contributed by atoms with Crippen molar-refractivity contribution in [1.82, 2.24) is 0 Å². The van der Waals surface area contributed by atoms with Gasteiger partial charge < -0.3 is 4.18 Å². The molecular formula is C8H9ClO3S2. The van der Waals surface area contributed by atoms with E-state index in [0.717, 1.165) is 6.26 Å². The largest absolute Gasteiger partial charge is 0.380 e. The van der Waals surface area contributed by atoms with Crippen molar-refractivity contribution in [3.63, 3.8) is 0 Å². The molecule has 1 rings (SSSR count). The molecule has 0 bridgehead atoms. The Morgan fingerprint density at radius 1 is 1.43 bits per heavy atom. The minimum atomic E-state index is -3.53. The molecule has 3 nitrogen and oxygen atoms in total. The molecule has 0 fully saturated rings. The van der Waals surface area contributed by atoms with Crippen LogP contribution in [0.3, 0.4) is 0 Å². The molecule has 0 heterocycles. The minimum absolute atomic E-state index is 0.198. The number of hydrogen-bond acceptors (Lipinski definition) is 4. The zero-order valence-corrected chi connectivity index (χ0v) is 10.0. The average Bonchev–Trinajstić information content (AvgIpc) is 2.06. The van der Waals surface area contributed by atoms with Crippen LogP contribution in [0.25, 0.3) is 0 Å². The Kier molecular flexibility index (Phi) is 3.69. The van der Waals surface area contributed by atoms with Gasteiger partial charge in [0.1, 0.15) is 0 Å². The molecule has 1 aromatic rings. The van der Waals surface area contributed by atoms with Crippen LogP contribution in [0.4, 0.5) is 0 Å². The summed E-state index contributed by atoms with van der Waals surface area (Å²) in [6.07, 6.45) is 2.81. The first-order valence-electron chi connectivity index (χ1n) is 3.66. The van der Waals surface area contributed by atoms with Crippen LogP contribution in [0.2, 0.25) is 5.02 Å². The van der Waals surface area contributed by atoms with Crippen molar-refractivity contribution in [3.8, 4) is 5.75 Å². The summed E-state index contributed by atoms with van der Waals surface area (Å²) in [5.41, 5.74) is 0. The van der Waals surface area contributed by atoms with Gasteiger partial charge in [-0.1, -0.05) is 17.7 Å². The van der Waals surface area contributed by atoms with E-state index in [2.05, 4.69) is 0 Å². The molecule has 0 unspecified atom stereocenters. The van der Waals surface area contributed by atoms with Crippen molar-refractivity contribution in [2.75, 3.05) is 12.5 Å². The van der Waals surface area contributed by atoms with E-state index in [0.29, 0.717) is 9.92 Å². The van der Waals surface area contributed by atoms with Crippen LogP contribution in [0, 0.1) is 0 Å². The summed E-state index contributed by atoms with van der Waals surface area (Å²) in [6, 6.07) is 5.07. The predicted molar refractivity (Wildman–Crippen MR) is 58.7 cm³/mol. The number of benzene rings is 1. The Morgan fingerprint density at radius 2 is 2.07 bits per heavy atom. The number of rotatable bonds is 3. The van der Waals surface area contributed by atoms with Gasteiger partial charge in [-0.05, 0) is 18.4 Å². The van der Waals surface area contributed by atoms with Crippen LogP contribution in [0.15, 0.2) is 23.1 Å². The summed E-state index contributed by atoms with van der Waals surface area (Å²) in [6.45, 7) is 0. The highest BCUT2D eigenvalue weighted by Crippen LogP contribution is 2.35. The zero-order valence-electron chi connectivity index (χ0n) is 7.65. The molecule has 0 aliphatic rings. The van der Waals surface area contributed by atoms with Gasteiger partial charge in [0.05, 0.1) is 16.2 Å². The van der Waals surface area contributed by atoms with Crippen molar-refractivity contribution in [1.29, 1.82) is 0 Å². The molecule has 0 spiro atoms. The maximum Gasteiger partial charge on any atom is 0.306 e. The highest BCUT2D eigenvalue weighted by molar-refractivity contribution is 7.98. The van der Waals surface area contributed by atoms with Crippen LogP contribution in [0.5, 0.6) is 5.75 Å². The van der Waals surface area contributed by atoms with Gasteiger partial charge in [0.15, 0.2) is 5.75 Å². The first-order valence-corrected chi connectivity index (χ1v) is 7.08. The summed E-state index contributed by atoms with van der Waals surface area (Å²) in [4.78, 5) is 0.697. The molecule has 14 heavy (non-hydrogen) atoms. The molecule has 0 radical (unpaired) electrons. The van der Waals surface area contributed by atoms with Crippen LogP contribution in [0.1, 0.15) is 0 Å². The van der Waals surface area contributed by atoms with Crippen LogP contribution in [-0.2, 0) is 10.1 Å². The fraction of sp³-hybridized carbons (Fsp3) is 0.250. The van der Waals surface area contributed by atoms with E-state index in [4.69, 9.17) is 15.8 Å². The lowest BCUT2D eigenvalue weighted by Gasteiger charge is -2.08. The maximum atomic E-state index is 10.9. The Balaban J connectivity index is 3.18. The maximum absolute atomic E-state index is 10.9. The van der Waals surface area contributed by atoms with Crippen molar-refractivity contribution in [3.05, 3.63) is 23.2 Å². The summed E-state index contributed by atoms with van der Waals surface area (Å²) < 4.78 is 26.6. The lowest BCUT2D eigenvalue weighted by Crippen LogP contribution is -2.06. The number of para-hydroxylation sites is 1. The topological polar surface area (TPSA) is 43.4 Å². The number of thioether (sulfide) groups is 1. The third-order valence-corrected chi connectivity index (χ3v) is 2.91. The van der Waals surface area contributed by atoms with Crippen LogP contribution >= 0.6 is 23.4 Å². The Bertz CT molecular complexity index is 428. The van der Waals surface area contributed by atoms with E-state index in [1.807, 2.05) is 6.26 Å². The molecule has 0 aliphatic carbocycles. The second-order valence-electron chi connectivity index (χ2n) is 2.56. The first-order chi connectivity index (χ1) is 6.44. The second-order valence-corrected chi connectivity index (χ2v) is 5.39. The summed E-state index contributed by atoms with van der Waals surface area (Å²) in [5, 5.41) is 0.294. The van der Waals surface area contributed by atoms with E-state index in [9.17, 15) is 8.42 Å². The summed E-state index contributed by atoms with van der Waals surface area (Å²) >= 11 is 7.19. The average molecular weight is 253 g/mol. The van der Waals surface area contributed by atoms with Crippen LogP contribution < -0.4 is 4.18 Å². The quantitative estimate of drug-likeness (QED) is 0.612. The van der Waals surface area contributed by atoms with Gasteiger partial charge in [0.25, 0.3) is 0 Å². The Morgan fingerprint density at radius 3 is 2.57 bits per heavy atom. The van der Waals surface area contributed by atoms with Gasteiger partial charge in [-0.2, -0.15) is 8.42 Å². The zero-order chi connectivity index (χ0) is 10.8. The van der Waals surface area contributed by atoms with Crippen molar-refractivity contribution < 1.29 is 12.6 Å². The van der Waals surface area contributed by atoms with Gasteiger partial charge in [0.2, 0.25) is 0 Å². The normalized spacial score (nSPS) is 11.4. The van der Waals surface area contributed by atoms with E-state index < -0.39 is 10.1 Å². The molecule has 0 N–H and O–H groups in total. The Hall–Kier alpha value is -0.390. The fourth-order valence-electron chi connectivity index (χ4n) is 0.882. The van der Waals surface area contributed by atoms with E-state index in [1.165, 1.54) is 11.8 Å². The lowest BCUT2D eigenvalue weighted by atomic mass is 10.3. The first kappa shape index (κ1) is 11.7. The molecule has 0 aromatic heterocycles. The third kappa shape index (κ3) is 3.08. The summed E-state index contributed by atoms with van der Waals surface area (Å²) in [5.74, 6) is 0.198. The van der Waals surface area contributed by atoms with E-state index in [-0.39, 0.29) is 5.75 Å².